The summed E-state index contributed by atoms with van der Waals surface area (Å²) in [6, 6.07) is 9.65. The Morgan fingerprint density at radius 1 is 1.33 bits per heavy atom. The molecule has 0 aliphatic rings. The average molecular weight is 238 g/mol. The largest absolute Gasteiger partial charge is 0.344 e. The SMILES string of the molecule is O=[N+]([O-])c1cnc(Sc2ccccc2)s1. The Labute approximate surface area is 94.1 Å². The topological polar surface area (TPSA) is 56.0 Å². The molecule has 6 heteroatoms. The van der Waals surface area contributed by atoms with Crippen LogP contribution >= 0.6 is 23.1 Å². The Morgan fingerprint density at radius 2 is 2.07 bits per heavy atom. The zero-order valence-electron chi connectivity index (χ0n) is 7.49. The summed E-state index contributed by atoms with van der Waals surface area (Å²) in [7, 11) is 0. The van der Waals surface area contributed by atoms with Crippen LogP contribution < -0.4 is 0 Å². The minimum atomic E-state index is -0.424. The molecular weight excluding hydrogens is 232 g/mol. The molecule has 0 fully saturated rings. The van der Waals surface area contributed by atoms with Crippen molar-refractivity contribution in [3.05, 3.63) is 46.6 Å². The first kappa shape index (κ1) is 10.1. The number of hydrogen-bond acceptors (Lipinski definition) is 5. The fourth-order valence-corrected chi connectivity index (χ4v) is 2.75. The zero-order chi connectivity index (χ0) is 10.7. The highest BCUT2D eigenvalue weighted by Gasteiger charge is 2.11. The van der Waals surface area contributed by atoms with Crippen molar-refractivity contribution >= 4 is 28.1 Å². The van der Waals surface area contributed by atoms with Gasteiger partial charge in [-0.1, -0.05) is 30.0 Å². The lowest BCUT2D eigenvalue weighted by Gasteiger charge is -1.94. The second-order valence-corrected chi connectivity index (χ2v) is 4.97. The Hall–Kier alpha value is -1.40. The summed E-state index contributed by atoms with van der Waals surface area (Å²) in [5, 5.41) is 10.5. The van der Waals surface area contributed by atoms with E-state index in [1.54, 1.807) is 0 Å². The van der Waals surface area contributed by atoms with Crippen LogP contribution in [0.15, 0.2) is 45.8 Å². The Bertz CT molecular complexity index is 470. The lowest BCUT2D eigenvalue weighted by molar-refractivity contribution is -0.380. The van der Waals surface area contributed by atoms with Crippen LogP contribution in [0.4, 0.5) is 5.00 Å². The van der Waals surface area contributed by atoms with E-state index in [-0.39, 0.29) is 5.00 Å². The van der Waals surface area contributed by atoms with Crippen molar-refractivity contribution < 1.29 is 4.92 Å². The van der Waals surface area contributed by atoms with Gasteiger partial charge in [-0.05, 0) is 23.5 Å². The number of rotatable bonds is 3. The van der Waals surface area contributed by atoms with Crippen molar-refractivity contribution in [2.45, 2.75) is 9.24 Å². The maximum Gasteiger partial charge on any atom is 0.344 e. The van der Waals surface area contributed by atoms with Crippen LogP contribution in [0.5, 0.6) is 0 Å². The van der Waals surface area contributed by atoms with Gasteiger partial charge in [-0.15, -0.1) is 0 Å². The maximum absolute atomic E-state index is 10.4. The first-order chi connectivity index (χ1) is 7.25. The first-order valence-corrected chi connectivity index (χ1v) is 5.72. The first-order valence-electron chi connectivity index (χ1n) is 4.09. The van der Waals surface area contributed by atoms with E-state index in [0.717, 1.165) is 16.2 Å². The molecule has 0 saturated carbocycles. The molecule has 1 heterocycles. The minimum Gasteiger partial charge on any atom is -0.257 e. The minimum absolute atomic E-state index is 0.0773. The predicted molar refractivity (Wildman–Crippen MR) is 59.3 cm³/mol. The molecule has 0 atom stereocenters. The molecule has 0 N–H and O–H groups in total. The smallest absolute Gasteiger partial charge is 0.257 e. The van der Waals surface area contributed by atoms with Crippen LogP contribution in [-0.2, 0) is 0 Å². The molecule has 0 bridgehead atoms. The van der Waals surface area contributed by atoms with Gasteiger partial charge in [-0.2, -0.15) is 0 Å². The van der Waals surface area contributed by atoms with E-state index in [1.165, 1.54) is 18.0 Å². The van der Waals surface area contributed by atoms with Gasteiger partial charge in [0, 0.05) is 4.90 Å². The molecule has 1 aromatic carbocycles. The normalized spacial score (nSPS) is 10.1. The van der Waals surface area contributed by atoms with E-state index in [0.29, 0.717) is 4.34 Å². The molecule has 2 aromatic rings. The lowest BCUT2D eigenvalue weighted by Crippen LogP contribution is -1.80. The molecule has 0 unspecified atom stereocenters. The van der Waals surface area contributed by atoms with E-state index in [1.807, 2.05) is 30.3 Å². The van der Waals surface area contributed by atoms with Gasteiger partial charge in [0.1, 0.15) is 6.20 Å². The van der Waals surface area contributed by atoms with Crippen molar-refractivity contribution in [3.63, 3.8) is 0 Å². The van der Waals surface area contributed by atoms with Crippen molar-refractivity contribution in [2.75, 3.05) is 0 Å². The number of nitro groups is 1. The van der Waals surface area contributed by atoms with Gasteiger partial charge in [0.15, 0.2) is 4.34 Å². The lowest BCUT2D eigenvalue weighted by atomic mass is 10.4. The second kappa shape index (κ2) is 4.41. The van der Waals surface area contributed by atoms with Crippen LogP contribution in [0.2, 0.25) is 0 Å². The second-order valence-electron chi connectivity index (χ2n) is 2.64. The zero-order valence-corrected chi connectivity index (χ0v) is 9.12. The molecule has 2 rings (SSSR count). The van der Waals surface area contributed by atoms with Gasteiger partial charge in [0.05, 0.1) is 4.92 Å². The number of nitrogens with zero attached hydrogens (tertiary/aromatic N) is 2. The van der Waals surface area contributed by atoms with Crippen molar-refractivity contribution in [3.8, 4) is 0 Å². The molecule has 15 heavy (non-hydrogen) atoms. The predicted octanol–water partition coefficient (Wildman–Crippen LogP) is 3.20. The average Bonchev–Trinajstić information content (AvgIpc) is 2.68. The number of hydrogen-bond donors (Lipinski definition) is 0. The van der Waals surface area contributed by atoms with Crippen molar-refractivity contribution in [1.82, 2.24) is 4.98 Å². The summed E-state index contributed by atoms with van der Waals surface area (Å²) in [4.78, 5) is 15.0. The summed E-state index contributed by atoms with van der Waals surface area (Å²) >= 11 is 2.52. The van der Waals surface area contributed by atoms with E-state index >= 15 is 0 Å². The monoisotopic (exact) mass is 238 g/mol. The van der Waals surface area contributed by atoms with Crippen LogP contribution in [0.25, 0.3) is 0 Å². The molecule has 4 nitrogen and oxygen atoms in total. The van der Waals surface area contributed by atoms with Crippen molar-refractivity contribution in [2.24, 2.45) is 0 Å². The molecule has 0 amide bonds. The molecule has 0 radical (unpaired) electrons. The third-order valence-electron chi connectivity index (χ3n) is 1.60. The van der Waals surface area contributed by atoms with E-state index in [2.05, 4.69) is 4.98 Å². The van der Waals surface area contributed by atoms with Gasteiger partial charge in [0.2, 0.25) is 0 Å². The summed E-state index contributed by atoms with van der Waals surface area (Å²) < 4.78 is 0.688. The van der Waals surface area contributed by atoms with Gasteiger partial charge in [-0.3, -0.25) is 10.1 Å². The summed E-state index contributed by atoms with van der Waals surface area (Å²) in [6.07, 6.45) is 1.29. The molecular formula is C9H6N2O2S2. The summed E-state index contributed by atoms with van der Waals surface area (Å²) in [5.41, 5.74) is 0. The molecule has 0 saturated heterocycles. The molecule has 0 aliphatic heterocycles. The number of benzene rings is 1. The van der Waals surface area contributed by atoms with Gasteiger partial charge < -0.3 is 0 Å². The molecule has 0 spiro atoms. The summed E-state index contributed by atoms with van der Waals surface area (Å²) in [6.45, 7) is 0. The highest BCUT2D eigenvalue weighted by Crippen LogP contribution is 2.33. The van der Waals surface area contributed by atoms with Crippen molar-refractivity contribution in [1.29, 1.82) is 0 Å². The van der Waals surface area contributed by atoms with E-state index in [9.17, 15) is 10.1 Å². The Morgan fingerprint density at radius 3 is 2.67 bits per heavy atom. The van der Waals surface area contributed by atoms with Crippen LogP contribution in [0.1, 0.15) is 0 Å². The third-order valence-corrected chi connectivity index (χ3v) is 3.63. The van der Waals surface area contributed by atoms with Gasteiger partial charge in [0.25, 0.3) is 0 Å². The Balaban J connectivity index is 2.15. The fourth-order valence-electron chi connectivity index (χ4n) is 0.971. The van der Waals surface area contributed by atoms with Crippen LogP contribution in [-0.4, -0.2) is 9.91 Å². The highest BCUT2D eigenvalue weighted by molar-refractivity contribution is 8.01. The van der Waals surface area contributed by atoms with Gasteiger partial charge >= 0.3 is 5.00 Å². The molecule has 76 valence electrons. The number of aromatic nitrogens is 1. The van der Waals surface area contributed by atoms with Crippen LogP contribution in [0, 0.1) is 10.1 Å². The maximum atomic E-state index is 10.4. The van der Waals surface area contributed by atoms with Gasteiger partial charge in [-0.25, -0.2) is 4.98 Å². The number of thiazole rings is 1. The standard InChI is InChI=1S/C9H6N2O2S2/c12-11(13)8-6-10-9(15-8)14-7-4-2-1-3-5-7/h1-6H. The quantitative estimate of drug-likeness (QED) is 0.608. The van der Waals surface area contributed by atoms with E-state index < -0.39 is 4.92 Å². The van der Waals surface area contributed by atoms with E-state index in [4.69, 9.17) is 0 Å². The van der Waals surface area contributed by atoms with Crippen LogP contribution in [0.3, 0.4) is 0 Å². The molecule has 0 aliphatic carbocycles. The summed E-state index contributed by atoms with van der Waals surface area (Å²) in [5.74, 6) is 0. The fraction of sp³-hybridized carbons (Fsp3) is 0. The molecule has 1 aromatic heterocycles. The third kappa shape index (κ3) is 2.54. The highest BCUT2D eigenvalue weighted by atomic mass is 32.2. The Kier molecular flexibility index (Phi) is 2.98.